The van der Waals surface area contributed by atoms with Gasteiger partial charge in [0, 0.05) is 36.6 Å². The van der Waals surface area contributed by atoms with Gasteiger partial charge in [0.15, 0.2) is 0 Å². The van der Waals surface area contributed by atoms with Gasteiger partial charge in [-0.25, -0.2) is 4.98 Å². The van der Waals surface area contributed by atoms with Gasteiger partial charge in [-0.05, 0) is 53.9 Å². The van der Waals surface area contributed by atoms with E-state index in [-0.39, 0.29) is 11.8 Å². The zero-order chi connectivity index (χ0) is 23.0. The number of imidazole rings is 1. The van der Waals surface area contributed by atoms with Crippen LogP contribution in [0.3, 0.4) is 0 Å². The van der Waals surface area contributed by atoms with Gasteiger partial charge in [0.2, 0.25) is 5.91 Å². The molecule has 0 aliphatic heterocycles. The van der Waals surface area contributed by atoms with E-state index in [0.29, 0.717) is 36.5 Å². The van der Waals surface area contributed by atoms with E-state index in [0.717, 1.165) is 23.1 Å². The molecule has 0 aliphatic carbocycles. The van der Waals surface area contributed by atoms with Crippen LogP contribution in [0.2, 0.25) is 5.02 Å². The average molecular weight is 461 g/mol. The minimum atomic E-state index is -0.171. The molecule has 0 atom stereocenters. The maximum absolute atomic E-state index is 12.1. The molecule has 1 heterocycles. The Morgan fingerprint density at radius 3 is 2.39 bits per heavy atom. The molecule has 3 aromatic carbocycles. The zero-order valence-corrected chi connectivity index (χ0v) is 18.9. The van der Waals surface area contributed by atoms with Crippen LogP contribution in [-0.2, 0) is 17.9 Å². The van der Waals surface area contributed by atoms with Crippen LogP contribution in [0.25, 0.3) is 11.0 Å². The maximum Gasteiger partial charge on any atom is 0.251 e. The number of benzene rings is 3. The molecule has 0 radical (unpaired) electrons. The Balaban J connectivity index is 1.17. The fourth-order valence-electron chi connectivity index (χ4n) is 3.54. The predicted octanol–water partition coefficient (Wildman–Crippen LogP) is 4.56. The Bertz CT molecular complexity index is 1230. The molecular weight excluding hydrogens is 436 g/mol. The van der Waals surface area contributed by atoms with Crippen molar-refractivity contribution in [3.8, 4) is 0 Å². The Kier molecular flexibility index (Phi) is 7.37. The summed E-state index contributed by atoms with van der Waals surface area (Å²) in [5, 5.41) is 6.33. The highest BCUT2D eigenvalue weighted by Crippen LogP contribution is 2.14. The summed E-state index contributed by atoms with van der Waals surface area (Å²) < 4.78 is 2.12. The van der Waals surface area contributed by atoms with E-state index in [1.807, 2.05) is 36.7 Å². The molecule has 2 amide bonds. The Hall–Kier alpha value is -3.64. The number of para-hydroxylation sites is 2. The van der Waals surface area contributed by atoms with Crippen molar-refractivity contribution in [2.24, 2.45) is 0 Å². The molecule has 0 bridgehead atoms. The highest BCUT2D eigenvalue weighted by atomic mass is 35.5. The lowest BCUT2D eigenvalue weighted by atomic mass is 10.1. The van der Waals surface area contributed by atoms with Crippen molar-refractivity contribution in [3.05, 3.63) is 101 Å². The minimum Gasteiger partial charge on any atom is -0.352 e. The van der Waals surface area contributed by atoms with E-state index in [1.54, 1.807) is 24.3 Å². The fourth-order valence-corrected chi connectivity index (χ4v) is 3.66. The first-order valence-electron chi connectivity index (χ1n) is 10.9. The quantitative estimate of drug-likeness (QED) is 0.359. The molecular formula is C26H25ClN4O2. The van der Waals surface area contributed by atoms with Crippen molar-refractivity contribution in [3.63, 3.8) is 0 Å². The number of fused-ring (bicyclic) bond motifs is 1. The smallest absolute Gasteiger partial charge is 0.251 e. The van der Waals surface area contributed by atoms with Gasteiger partial charge < -0.3 is 15.2 Å². The molecule has 0 spiro atoms. The SMILES string of the molecule is O=C(CCCNC(=O)c1ccc(Cl)cc1)NCc1ccc(Cn2cnc3ccccc32)cc1. The molecule has 33 heavy (non-hydrogen) atoms. The summed E-state index contributed by atoms with van der Waals surface area (Å²) in [6.45, 7) is 1.66. The second-order valence-electron chi connectivity index (χ2n) is 7.82. The molecule has 4 rings (SSSR count). The highest BCUT2D eigenvalue weighted by molar-refractivity contribution is 6.30. The molecule has 168 valence electrons. The van der Waals surface area contributed by atoms with Crippen LogP contribution in [-0.4, -0.2) is 27.9 Å². The highest BCUT2D eigenvalue weighted by Gasteiger charge is 2.07. The van der Waals surface area contributed by atoms with Gasteiger partial charge in [0.05, 0.1) is 17.4 Å². The molecule has 0 fully saturated rings. The van der Waals surface area contributed by atoms with Crippen LogP contribution >= 0.6 is 11.6 Å². The zero-order valence-electron chi connectivity index (χ0n) is 18.1. The summed E-state index contributed by atoms with van der Waals surface area (Å²) in [5.74, 6) is -0.208. The molecule has 0 unspecified atom stereocenters. The Morgan fingerprint density at radius 2 is 1.61 bits per heavy atom. The van der Waals surface area contributed by atoms with E-state index in [1.165, 1.54) is 5.56 Å². The lowest BCUT2D eigenvalue weighted by Crippen LogP contribution is -2.27. The summed E-state index contributed by atoms with van der Waals surface area (Å²) in [7, 11) is 0. The number of nitrogens with zero attached hydrogens (tertiary/aromatic N) is 2. The summed E-state index contributed by atoms with van der Waals surface area (Å²) in [6, 6.07) is 23.0. The molecule has 1 aromatic heterocycles. The Labute approximate surface area is 197 Å². The number of nitrogens with one attached hydrogen (secondary N) is 2. The first kappa shape index (κ1) is 22.6. The topological polar surface area (TPSA) is 76.0 Å². The van der Waals surface area contributed by atoms with Crippen molar-refractivity contribution < 1.29 is 9.59 Å². The predicted molar refractivity (Wildman–Crippen MR) is 130 cm³/mol. The normalized spacial score (nSPS) is 10.8. The van der Waals surface area contributed by atoms with Crippen molar-refractivity contribution in [1.82, 2.24) is 20.2 Å². The third kappa shape index (κ3) is 6.20. The van der Waals surface area contributed by atoms with Crippen LogP contribution in [0, 0.1) is 0 Å². The fraction of sp³-hybridized carbons (Fsp3) is 0.192. The summed E-state index contributed by atoms with van der Waals surface area (Å²) in [4.78, 5) is 28.6. The van der Waals surface area contributed by atoms with Crippen molar-refractivity contribution >= 4 is 34.4 Å². The Morgan fingerprint density at radius 1 is 0.879 bits per heavy atom. The number of halogens is 1. The average Bonchev–Trinajstić information content (AvgIpc) is 3.24. The number of hydrogen-bond donors (Lipinski definition) is 2. The van der Waals surface area contributed by atoms with E-state index in [4.69, 9.17) is 11.6 Å². The van der Waals surface area contributed by atoms with Crippen LogP contribution in [0.5, 0.6) is 0 Å². The van der Waals surface area contributed by atoms with E-state index < -0.39 is 0 Å². The van der Waals surface area contributed by atoms with Crippen molar-refractivity contribution in [2.45, 2.75) is 25.9 Å². The van der Waals surface area contributed by atoms with Crippen molar-refractivity contribution in [2.75, 3.05) is 6.54 Å². The van der Waals surface area contributed by atoms with E-state index in [9.17, 15) is 9.59 Å². The van der Waals surface area contributed by atoms with Crippen molar-refractivity contribution in [1.29, 1.82) is 0 Å². The van der Waals surface area contributed by atoms with Gasteiger partial charge in [0.25, 0.3) is 5.91 Å². The molecule has 4 aromatic rings. The molecule has 0 aliphatic rings. The first-order chi connectivity index (χ1) is 16.1. The van der Waals surface area contributed by atoms with Crippen LogP contribution < -0.4 is 10.6 Å². The lowest BCUT2D eigenvalue weighted by Gasteiger charge is -2.08. The number of amides is 2. The number of rotatable bonds is 9. The molecule has 2 N–H and O–H groups in total. The van der Waals surface area contributed by atoms with Crippen LogP contribution in [0.1, 0.15) is 34.3 Å². The van der Waals surface area contributed by atoms with Gasteiger partial charge >= 0.3 is 0 Å². The van der Waals surface area contributed by atoms with Crippen LogP contribution in [0.15, 0.2) is 79.1 Å². The maximum atomic E-state index is 12.1. The van der Waals surface area contributed by atoms with Gasteiger partial charge in [0.1, 0.15) is 0 Å². The van der Waals surface area contributed by atoms with Gasteiger partial charge in [-0.1, -0.05) is 48.0 Å². The van der Waals surface area contributed by atoms with Crippen LogP contribution in [0.4, 0.5) is 0 Å². The second-order valence-corrected chi connectivity index (χ2v) is 8.26. The summed E-state index contributed by atoms with van der Waals surface area (Å²) in [6.07, 6.45) is 2.78. The van der Waals surface area contributed by atoms with Gasteiger partial charge in [-0.3, -0.25) is 9.59 Å². The lowest BCUT2D eigenvalue weighted by molar-refractivity contribution is -0.121. The molecule has 0 saturated heterocycles. The molecule has 0 saturated carbocycles. The van der Waals surface area contributed by atoms with E-state index in [2.05, 4.69) is 38.4 Å². The number of aromatic nitrogens is 2. The standard InChI is InChI=1S/C26H25ClN4O2/c27-22-13-11-21(12-14-22)26(33)28-15-3-6-25(32)29-16-19-7-9-20(10-8-19)17-31-18-30-23-4-1-2-5-24(23)31/h1-2,4-5,7-14,18H,3,6,15-17H2,(H,28,33)(H,29,32). The number of carbonyl (C=O) groups is 2. The van der Waals surface area contributed by atoms with Gasteiger partial charge in [-0.15, -0.1) is 0 Å². The summed E-state index contributed by atoms with van der Waals surface area (Å²) in [5.41, 5.74) is 4.86. The summed E-state index contributed by atoms with van der Waals surface area (Å²) >= 11 is 5.83. The number of carbonyl (C=O) groups excluding carboxylic acids is 2. The molecule has 7 heteroatoms. The first-order valence-corrected chi connectivity index (χ1v) is 11.2. The monoisotopic (exact) mass is 460 g/mol. The number of hydrogen-bond acceptors (Lipinski definition) is 3. The van der Waals surface area contributed by atoms with E-state index >= 15 is 0 Å². The second kappa shape index (κ2) is 10.8. The minimum absolute atomic E-state index is 0.0373. The third-order valence-corrected chi connectivity index (χ3v) is 5.62. The third-order valence-electron chi connectivity index (χ3n) is 5.37. The molecule has 6 nitrogen and oxygen atoms in total. The van der Waals surface area contributed by atoms with Gasteiger partial charge in [-0.2, -0.15) is 0 Å². The largest absolute Gasteiger partial charge is 0.352 e.